The monoisotopic (exact) mass is 327 g/mol. The van der Waals surface area contributed by atoms with Crippen molar-refractivity contribution in [3.8, 4) is 11.3 Å². The molecule has 0 amide bonds. The highest BCUT2D eigenvalue weighted by molar-refractivity contribution is 7.10. The van der Waals surface area contributed by atoms with Gasteiger partial charge in [0.05, 0.1) is 29.9 Å². The summed E-state index contributed by atoms with van der Waals surface area (Å²) in [5.74, 6) is 0. The number of nitro groups is 1. The zero-order chi connectivity index (χ0) is 13.9. The van der Waals surface area contributed by atoms with E-state index < -0.39 is 4.92 Å². The fourth-order valence-electron chi connectivity index (χ4n) is 2.08. The number of nitrogens with one attached hydrogen (secondary N) is 1. The topological polar surface area (TPSA) is 77.3 Å². The first-order valence-corrected chi connectivity index (χ1v) is 7.13. The highest BCUT2D eigenvalue weighted by Gasteiger charge is 2.19. The van der Waals surface area contributed by atoms with Gasteiger partial charge in [-0.15, -0.1) is 23.7 Å². The van der Waals surface area contributed by atoms with Gasteiger partial charge in [0.1, 0.15) is 5.01 Å². The Kier molecular flexibility index (Phi) is 5.24. The lowest BCUT2D eigenvalue weighted by molar-refractivity contribution is -0.384. The maximum atomic E-state index is 10.8. The lowest BCUT2D eigenvalue weighted by Crippen LogP contribution is -2.34. The number of morpholine rings is 1. The molecule has 1 aromatic carbocycles. The molecule has 0 bridgehead atoms. The zero-order valence-electron chi connectivity index (χ0n) is 11.0. The minimum absolute atomic E-state index is 0. The molecule has 8 heteroatoms. The van der Waals surface area contributed by atoms with Gasteiger partial charge < -0.3 is 10.1 Å². The van der Waals surface area contributed by atoms with Gasteiger partial charge in [0.2, 0.25) is 0 Å². The molecule has 1 N–H and O–H groups in total. The third kappa shape index (κ3) is 3.56. The molecule has 0 aliphatic carbocycles. The number of nitro benzene ring substituents is 1. The maximum Gasteiger partial charge on any atom is 0.270 e. The van der Waals surface area contributed by atoms with Crippen molar-refractivity contribution in [2.24, 2.45) is 0 Å². The van der Waals surface area contributed by atoms with Crippen LogP contribution >= 0.6 is 23.7 Å². The number of nitrogens with zero attached hydrogens (tertiary/aromatic N) is 2. The van der Waals surface area contributed by atoms with Gasteiger partial charge >= 0.3 is 0 Å². The number of hydrogen-bond acceptors (Lipinski definition) is 6. The molecule has 2 aromatic rings. The molecular weight excluding hydrogens is 314 g/mol. The number of ether oxygens (including phenoxy) is 1. The molecule has 3 rings (SSSR count). The Hall–Kier alpha value is -1.54. The van der Waals surface area contributed by atoms with E-state index in [1.165, 1.54) is 6.07 Å². The summed E-state index contributed by atoms with van der Waals surface area (Å²) >= 11 is 1.54. The summed E-state index contributed by atoms with van der Waals surface area (Å²) in [6.07, 6.45) is 0. The molecule has 1 aliphatic rings. The fourth-order valence-corrected chi connectivity index (χ4v) is 2.97. The van der Waals surface area contributed by atoms with Crippen LogP contribution in [0.4, 0.5) is 5.69 Å². The van der Waals surface area contributed by atoms with Crippen LogP contribution in [0.15, 0.2) is 29.6 Å². The van der Waals surface area contributed by atoms with E-state index in [1.54, 1.807) is 23.5 Å². The smallest absolute Gasteiger partial charge is 0.270 e. The third-order valence-electron chi connectivity index (χ3n) is 3.09. The van der Waals surface area contributed by atoms with Crippen LogP contribution in [0.3, 0.4) is 0 Å². The van der Waals surface area contributed by atoms with E-state index in [9.17, 15) is 10.1 Å². The summed E-state index contributed by atoms with van der Waals surface area (Å²) < 4.78 is 5.42. The normalized spacial score (nSPS) is 18.0. The minimum Gasteiger partial charge on any atom is -0.378 e. The molecule has 0 saturated carbocycles. The maximum absolute atomic E-state index is 10.8. The number of hydrogen-bond donors (Lipinski definition) is 1. The first kappa shape index (κ1) is 15.8. The number of benzene rings is 1. The summed E-state index contributed by atoms with van der Waals surface area (Å²) in [5.41, 5.74) is 1.61. The molecule has 2 heterocycles. The van der Waals surface area contributed by atoms with Crippen molar-refractivity contribution in [3.05, 3.63) is 44.8 Å². The van der Waals surface area contributed by atoms with Crippen LogP contribution in [0.25, 0.3) is 11.3 Å². The van der Waals surface area contributed by atoms with Crippen LogP contribution in [0.5, 0.6) is 0 Å². The van der Waals surface area contributed by atoms with E-state index in [4.69, 9.17) is 4.74 Å². The Balaban J connectivity index is 0.00000161. The number of non-ortho nitro benzene ring substituents is 1. The van der Waals surface area contributed by atoms with E-state index in [1.807, 2.05) is 11.4 Å². The molecule has 6 nitrogen and oxygen atoms in total. The molecule has 1 saturated heterocycles. The second-order valence-corrected chi connectivity index (χ2v) is 5.35. The molecule has 0 spiro atoms. The summed E-state index contributed by atoms with van der Waals surface area (Å²) in [4.78, 5) is 15.0. The van der Waals surface area contributed by atoms with Crippen molar-refractivity contribution in [1.29, 1.82) is 0 Å². The van der Waals surface area contributed by atoms with Gasteiger partial charge in [-0.3, -0.25) is 10.1 Å². The van der Waals surface area contributed by atoms with Crippen LogP contribution in [-0.4, -0.2) is 29.7 Å². The minimum atomic E-state index is -0.396. The van der Waals surface area contributed by atoms with Crippen molar-refractivity contribution in [2.45, 2.75) is 6.04 Å². The Morgan fingerprint density at radius 3 is 3.05 bits per heavy atom. The Labute approximate surface area is 131 Å². The van der Waals surface area contributed by atoms with E-state index >= 15 is 0 Å². The number of aromatic nitrogens is 1. The van der Waals surface area contributed by atoms with Gasteiger partial charge in [0, 0.05) is 29.6 Å². The van der Waals surface area contributed by atoms with Gasteiger partial charge in [0.15, 0.2) is 0 Å². The predicted molar refractivity (Wildman–Crippen MR) is 83.0 cm³/mol. The van der Waals surface area contributed by atoms with E-state index in [0.717, 1.165) is 29.4 Å². The number of thiazole rings is 1. The SMILES string of the molecule is Cl.O=[N+]([O-])c1cccc(-c2csc(C3COCCN3)n2)c1. The average molecular weight is 328 g/mol. The molecule has 1 aromatic heterocycles. The quantitative estimate of drug-likeness (QED) is 0.693. The molecule has 1 fully saturated rings. The van der Waals surface area contributed by atoms with E-state index in [-0.39, 0.29) is 24.1 Å². The van der Waals surface area contributed by atoms with Crippen LogP contribution in [0.1, 0.15) is 11.0 Å². The molecule has 1 unspecified atom stereocenters. The summed E-state index contributed by atoms with van der Waals surface area (Å²) in [7, 11) is 0. The molecule has 112 valence electrons. The van der Waals surface area contributed by atoms with Crippen molar-refractivity contribution < 1.29 is 9.66 Å². The average Bonchev–Trinajstić information content (AvgIpc) is 2.98. The lowest BCUT2D eigenvalue weighted by atomic mass is 10.1. The van der Waals surface area contributed by atoms with E-state index in [2.05, 4.69) is 10.3 Å². The highest BCUT2D eigenvalue weighted by Crippen LogP contribution is 2.28. The third-order valence-corrected chi connectivity index (χ3v) is 4.05. The molecule has 0 radical (unpaired) electrons. The molecule has 1 atom stereocenters. The fraction of sp³-hybridized carbons (Fsp3) is 0.308. The Bertz CT molecular complexity index is 629. The van der Waals surface area contributed by atoms with Crippen molar-refractivity contribution in [3.63, 3.8) is 0 Å². The predicted octanol–water partition coefficient (Wildman–Crippen LogP) is 2.80. The molecule has 21 heavy (non-hydrogen) atoms. The van der Waals surface area contributed by atoms with Gasteiger partial charge in [-0.1, -0.05) is 12.1 Å². The van der Waals surface area contributed by atoms with E-state index in [0.29, 0.717) is 6.61 Å². The lowest BCUT2D eigenvalue weighted by Gasteiger charge is -2.21. The second kappa shape index (κ2) is 6.95. The number of rotatable bonds is 3. The van der Waals surface area contributed by atoms with Crippen molar-refractivity contribution in [2.75, 3.05) is 19.8 Å². The van der Waals surface area contributed by atoms with Crippen LogP contribution in [0.2, 0.25) is 0 Å². The van der Waals surface area contributed by atoms with Crippen LogP contribution in [-0.2, 0) is 4.74 Å². The standard InChI is InChI=1S/C13H13N3O3S.ClH/c17-16(18)10-3-1-2-9(6-10)12-8-20-13(15-12)11-7-19-5-4-14-11;/h1-3,6,8,11,14H,4-5,7H2;1H. The summed E-state index contributed by atoms with van der Waals surface area (Å²) in [6, 6.07) is 6.64. The van der Waals surface area contributed by atoms with Gasteiger partial charge in [0.25, 0.3) is 5.69 Å². The Morgan fingerprint density at radius 2 is 2.33 bits per heavy atom. The molecular formula is C13H14ClN3O3S. The van der Waals surface area contributed by atoms with Crippen LogP contribution in [0, 0.1) is 10.1 Å². The van der Waals surface area contributed by atoms with Gasteiger partial charge in [-0.25, -0.2) is 4.98 Å². The first-order chi connectivity index (χ1) is 9.74. The highest BCUT2D eigenvalue weighted by atomic mass is 35.5. The van der Waals surface area contributed by atoms with Crippen LogP contribution < -0.4 is 5.32 Å². The number of halogens is 1. The van der Waals surface area contributed by atoms with Gasteiger partial charge in [-0.05, 0) is 0 Å². The molecule has 1 aliphatic heterocycles. The zero-order valence-corrected chi connectivity index (χ0v) is 12.7. The first-order valence-electron chi connectivity index (χ1n) is 6.25. The van der Waals surface area contributed by atoms with Gasteiger partial charge in [-0.2, -0.15) is 0 Å². The second-order valence-electron chi connectivity index (χ2n) is 4.46. The van der Waals surface area contributed by atoms with Crippen molar-refractivity contribution >= 4 is 29.4 Å². The summed E-state index contributed by atoms with van der Waals surface area (Å²) in [5, 5.41) is 17.0. The summed E-state index contributed by atoms with van der Waals surface area (Å²) in [6.45, 7) is 2.15. The Morgan fingerprint density at radius 1 is 1.48 bits per heavy atom. The van der Waals surface area contributed by atoms with Crippen molar-refractivity contribution in [1.82, 2.24) is 10.3 Å². The largest absolute Gasteiger partial charge is 0.378 e.